The predicted octanol–water partition coefficient (Wildman–Crippen LogP) is 6.28. The van der Waals surface area contributed by atoms with E-state index in [0.717, 1.165) is 42.8 Å². The standard InChI is InChI=1S/C32H39N7/c1-21(2)31-22(3)39(26-8-9-26)29-10-5-24(18-27(29)31)28-12-13-33-32(35-28)36-30-11-4-23(19-34-30)20-37-14-16-38(17-15-37)25-6-7-25/h4-5,10-13,18-19,21,25-26H,6-9,14-17,20H2,1-3H3,(H,33,34,35,36). The van der Waals surface area contributed by atoms with Crippen LogP contribution >= 0.6 is 0 Å². The first-order chi connectivity index (χ1) is 19.0. The Balaban J connectivity index is 1.06. The van der Waals surface area contributed by atoms with Gasteiger partial charge in [0.1, 0.15) is 5.82 Å². The predicted molar refractivity (Wildman–Crippen MR) is 157 cm³/mol. The van der Waals surface area contributed by atoms with Gasteiger partial charge in [0.15, 0.2) is 0 Å². The number of piperazine rings is 1. The van der Waals surface area contributed by atoms with Gasteiger partial charge >= 0.3 is 0 Å². The molecule has 0 radical (unpaired) electrons. The molecule has 2 aliphatic carbocycles. The van der Waals surface area contributed by atoms with Crippen molar-refractivity contribution in [2.24, 2.45) is 0 Å². The molecular weight excluding hydrogens is 482 g/mol. The van der Waals surface area contributed by atoms with Gasteiger partial charge in [-0.3, -0.25) is 9.80 Å². The SMILES string of the molecule is Cc1c(C(C)C)c2cc(-c3ccnc(Nc4ccc(CN5CCN(C6CC6)CC5)cn4)n3)ccc2n1C1CC1. The van der Waals surface area contributed by atoms with Crippen molar-refractivity contribution in [2.75, 3.05) is 31.5 Å². The molecule has 1 N–H and O–H groups in total. The molecule has 202 valence electrons. The zero-order chi connectivity index (χ0) is 26.5. The Hall–Kier alpha value is -3.29. The molecule has 7 rings (SSSR count). The molecule has 0 atom stereocenters. The quantitative estimate of drug-likeness (QED) is 0.294. The average molecular weight is 522 g/mol. The van der Waals surface area contributed by atoms with E-state index in [1.807, 2.05) is 24.5 Å². The van der Waals surface area contributed by atoms with Crippen LogP contribution < -0.4 is 5.32 Å². The van der Waals surface area contributed by atoms with Crippen LogP contribution in [0.1, 0.15) is 68.3 Å². The maximum Gasteiger partial charge on any atom is 0.228 e. The van der Waals surface area contributed by atoms with Crippen molar-refractivity contribution in [1.29, 1.82) is 0 Å². The zero-order valence-electron chi connectivity index (χ0n) is 23.4. The number of pyridine rings is 1. The molecular formula is C32H39N7. The number of hydrogen-bond acceptors (Lipinski definition) is 6. The van der Waals surface area contributed by atoms with Crippen molar-refractivity contribution >= 4 is 22.7 Å². The highest BCUT2D eigenvalue weighted by molar-refractivity contribution is 5.90. The van der Waals surface area contributed by atoms with Gasteiger partial charge in [-0.15, -0.1) is 0 Å². The van der Waals surface area contributed by atoms with Crippen LogP contribution in [-0.4, -0.2) is 61.5 Å². The molecule has 4 heterocycles. The summed E-state index contributed by atoms with van der Waals surface area (Å²) in [5, 5.41) is 4.67. The molecule has 0 spiro atoms. The molecule has 4 aromatic rings. The molecule has 7 heteroatoms. The van der Waals surface area contributed by atoms with Crippen molar-refractivity contribution in [3.05, 3.63) is 65.6 Å². The van der Waals surface area contributed by atoms with Gasteiger partial charge in [0.25, 0.3) is 0 Å². The molecule has 3 aromatic heterocycles. The molecule has 39 heavy (non-hydrogen) atoms. The Kier molecular flexibility index (Phi) is 6.36. The second kappa shape index (κ2) is 10.0. The number of aromatic nitrogens is 4. The Morgan fingerprint density at radius 1 is 0.923 bits per heavy atom. The summed E-state index contributed by atoms with van der Waals surface area (Å²) in [7, 11) is 0. The van der Waals surface area contributed by atoms with Gasteiger partial charge in [0, 0.05) is 79.4 Å². The minimum absolute atomic E-state index is 0.478. The minimum Gasteiger partial charge on any atom is -0.342 e. The number of fused-ring (bicyclic) bond motifs is 1. The van der Waals surface area contributed by atoms with Crippen LogP contribution in [0.3, 0.4) is 0 Å². The monoisotopic (exact) mass is 521 g/mol. The van der Waals surface area contributed by atoms with Gasteiger partial charge in [0.2, 0.25) is 5.95 Å². The number of benzene rings is 1. The molecule has 1 aromatic carbocycles. The summed E-state index contributed by atoms with van der Waals surface area (Å²) < 4.78 is 2.56. The van der Waals surface area contributed by atoms with Crippen molar-refractivity contribution in [2.45, 2.75) is 71.0 Å². The van der Waals surface area contributed by atoms with Gasteiger partial charge in [-0.2, -0.15) is 0 Å². The number of nitrogens with zero attached hydrogens (tertiary/aromatic N) is 6. The normalized spacial score (nSPS) is 18.8. The zero-order valence-corrected chi connectivity index (χ0v) is 23.4. The number of anilines is 2. The summed E-state index contributed by atoms with van der Waals surface area (Å²) >= 11 is 0. The van der Waals surface area contributed by atoms with Crippen molar-refractivity contribution in [1.82, 2.24) is 29.3 Å². The lowest BCUT2D eigenvalue weighted by Gasteiger charge is -2.34. The van der Waals surface area contributed by atoms with Crippen LogP contribution in [0.25, 0.3) is 22.2 Å². The lowest BCUT2D eigenvalue weighted by Crippen LogP contribution is -2.46. The summed E-state index contributed by atoms with van der Waals surface area (Å²) in [6, 6.07) is 14.5. The van der Waals surface area contributed by atoms with E-state index < -0.39 is 0 Å². The van der Waals surface area contributed by atoms with Crippen LogP contribution in [0.5, 0.6) is 0 Å². The molecule has 3 aliphatic rings. The number of nitrogens with one attached hydrogen (secondary N) is 1. The van der Waals surface area contributed by atoms with Gasteiger partial charge in [-0.25, -0.2) is 15.0 Å². The van der Waals surface area contributed by atoms with E-state index in [9.17, 15) is 0 Å². The fourth-order valence-corrected chi connectivity index (χ4v) is 6.43. The maximum atomic E-state index is 4.86. The van der Waals surface area contributed by atoms with E-state index in [2.05, 4.69) is 74.7 Å². The van der Waals surface area contributed by atoms with Crippen LogP contribution in [0, 0.1) is 6.92 Å². The molecule has 0 unspecified atom stereocenters. The van der Waals surface area contributed by atoms with Crippen LogP contribution in [-0.2, 0) is 6.54 Å². The molecule has 3 fully saturated rings. The van der Waals surface area contributed by atoms with Gasteiger partial charge in [-0.05, 0) is 73.9 Å². The highest BCUT2D eigenvalue weighted by Crippen LogP contribution is 2.43. The Labute approximate surface area is 231 Å². The maximum absolute atomic E-state index is 4.86. The summed E-state index contributed by atoms with van der Waals surface area (Å²) in [5.41, 5.74) is 7.51. The number of rotatable bonds is 8. The fraction of sp³-hybridized carbons (Fsp3) is 0.469. The van der Waals surface area contributed by atoms with Crippen LogP contribution in [0.15, 0.2) is 48.8 Å². The average Bonchev–Trinajstić information content (AvgIpc) is 3.87. The first kappa shape index (κ1) is 24.7. The third-order valence-electron chi connectivity index (χ3n) is 8.68. The van der Waals surface area contributed by atoms with E-state index in [0.29, 0.717) is 17.9 Å². The van der Waals surface area contributed by atoms with Crippen molar-refractivity contribution in [3.63, 3.8) is 0 Å². The summed E-state index contributed by atoms with van der Waals surface area (Å²) in [5.74, 6) is 1.82. The molecule has 1 aliphatic heterocycles. The minimum atomic E-state index is 0.478. The van der Waals surface area contributed by atoms with E-state index in [4.69, 9.17) is 4.98 Å². The first-order valence-corrected chi connectivity index (χ1v) is 14.7. The molecule has 0 bridgehead atoms. The van der Waals surface area contributed by atoms with Crippen LogP contribution in [0.2, 0.25) is 0 Å². The summed E-state index contributed by atoms with van der Waals surface area (Å²) in [6.45, 7) is 12.5. The highest BCUT2D eigenvalue weighted by atomic mass is 15.3. The molecule has 1 saturated heterocycles. The summed E-state index contributed by atoms with van der Waals surface area (Å²) in [4.78, 5) is 19.2. The van der Waals surface area contributed by atoms with Gasteiger partial charge in [-0.1, -0.05) is 26.0 Å². The number of hydrogen-bond donors (Lipinski definition) is 1. The topological polar surface area (TPSA) is 62.1 Å². The van der Waals surface area contributed by atoms with E-state index in [1.54, 1.807) is 0 Å². The Morgan fingerprint density at radius 3 is 2.41 bits per heavy atom. The highest BCUT2D eigenvalue weighted by Gasteiger charge is 2.31. The van der Waals surface area contributed by atoms with E-state index >= 15 is 0 Å². The van der Waals surface area contributed by atoms with Crippen LogP contribution in [0.4, 0.5) is 11.8 Å². The van der Waals surface area contributed by atoms with E-state index in [1.165, 1.54) is 66.5 Å². The van der Waals surface area contributed by atoms with Gasteiger partial charge in [0.05, 0.1) is 5.69 Å². The van der Waals surface area contributed by atoms with Gasteiger partial charge < -0.3 is 9.88 Å². The smallest absolute Gasteiger partial charge is 0.228 e. The molecule has 0 amide bonds. The van der Waals surface area contributed by atoms with Crippen molar-refractivity contribution in [3.8, 4) is 11.3 Å². The van der Waals surface area contributed by atoms with Crippen molar-refractivity contribution < 1.29 is 0 Å². The molecule has 7 nitrogen and oxygen atoms in total. The lowest BCUT2D eigenvalue weighted by atomic mass is 9.98. The Morgan fingerprint density at radius 2 is 1.72 bits per heavy atom. The Bertz CT molecular complexity index is 1470. The first-order valence-electron chi connectivity index (χ1n) is 14.7. The van der Waals surface area contributed by atoms with E-state index in [-0.39, 0.29) is 0 Å². The fourth-order valence-electron chi connectivity index (χ4n) is 6.43. The summed E-state index contributed by atoms with van der Waals surface area (Å²) in [6.07, 6.45) is 9.18. The molecule has 2 saturated carbocycles. The lowest BCUT2D eigenvalue weighted by molar-refractivity contribution is 0.121. The third-order valence-corrected chi connectivity index (χ3v) is 8.68. The second-order valence-electron chi connectivity index (χ2n) is 12.0. The largest absolute Gasteiger partial charge is 0.342 e. The third kappa shape index (κ3) is 5.06. The second-order valence-corrected chi connectivity index (χ2v) is 12.0.